The maximum absolute atomic E-state index is 12.4. The molecule has 21 heavy (non-hydrogen) atoms. The van der Waals surface area contributed by atoms with Crippen LogP contribution in [0.3, 0.4) is 0 Å². The van der Waals surface area contributed by atoms with Gasteiger partial charge in [-0.2, -0.15) is 18.4 Å². The normalized spacial score (nSPS) is 11.0. The summed E-state index contributed by atoms with van der Waals surface area (Å²) in [5.74, 6) is 0.178. The smallest absolute Gasteiger partial charge is 0.416 e. The topological polar surface area (TPSA) is 45.9 Å². The lowest BCUT2D eigenvalue weighted by Gasteiger charge is -2.09. The zero-order valence-corrected chi connectivity index (χ0v) is 11.1. The Morgan fingerprint density at radius 1 is 1.14 bits per heavy atom. The Bertz CT molecular complexity index is 673. The van der Waals surface area contributed by atoms with Crippen molar-refractivity contribution in [1.82, 2.24) is 4.98 Å². The highest BCUT2D eigenvalue weighted by Crippen LogP contribution is 2.29. The summed E-state index contributed by atoms with van der Waals surface area (Å²) in [5.41, 5.74) is 0.830. The van der Waals surface area contributed by atoms with Gasteiger partial charge in [-0.25, -0.2) is 4.98 Å². The van der Waals surface area contributed by atoms with E-state index < -0.39 is 11.7 Å². The van der Waals surface area contributed by atoms with Crippen LogP contribution in [0, 0.1) is 18.3 Å². The minimum atomic E-state index is -4.36. The molecule has 1 aromatic heterocycles. The second kappa shape index (κ2) is 5.83. The van der Waals surface area contributed by atoms with Gasteiger partial charge in [-0.1, -0.05) is 12.1 Å². The van der Waals surface area contributed by atoms with E-state index in [9.17, 15) is 13.2 Å². The van der Waals surface area contributed by atoms with Gasteiger partial charge in [0, 0.05) is 5.69 Å². The largest absolute Gasteiger partial charge is 0.472 e. The SMILES string of the molecule is Cc1ccc(C#N)c(OCc2ccc(C(F)(F)F)cc2)n1. The van der Waals surface area contributed by atoms with E-state index in [4.69, 9.17) is 10.00 Å². The minimum Gasteiger partial charge on any atom is -0.472 e. The van der Waals surface area contributed by atoms with Gasteiger partial charge in [0.1, 0.15) is 18.2 Å². The molecular weight excluding hydrogens is 281 g/mol. The van der Waals surface area contributed by atoms with E-state index in [2.05, 4.69) is 4.98 Å². The Labute approximate surface area is 119 Å². The molecule has 0 N–H and O–H groups in total. The fourth-order valence-electron chi connectivity index (χ4n) is 1.67. The Hall–Kier alpha value is -2.55. The van der Waals surface area contributed by atoms with Gasteiger partial charge in [0.2, 0.25) is 5.88 Å². The van der Waals surface area contributed by atoms with Crippen LogP contribution in [0.25, 0.3) is 0 Å². The van der Waals surface area contributed by atoms with Crippen molar-refractivity contribution < 1.29 is 17.9 Å². The molecule has 0 atom stereocenters. The Balaban J connectivity index is 2.10. The number of benzene rings is 1. The van der Waals surface area contributed by atoms with E-state index >= 15 is 0 Å². The molecule has 0 bridgehead atoms. The van der Waals surface area contributed by atoms with Gasteiger partial charge >= 0.3 is 6.18 Å². The van der Waals surface area contributed by atoms with Crippen LogP contribution in [0.15, 0.2) is 36.4 Å². The molecule has 0 radical (unpaired) electrons. The first-order valence-corrected chi connectivity index (χ1v) is 6.07. The molecule has 0 unspecified atom stereocenters. The number of aryl methyl sites for hydroxylation is 1. The lowest BCUT2D eigenvalue weighted by molar-refractivity contribution is -0.137. The van der Waals surface area contributed by atoms with Crippen molar-refractivity contribution in [1.29, 1.82) is 5.26 Å². The first-order chi connectivity index (χ1) is 9.90. The Morgan fingerprint density at radius 3 is 2.38 bits per heavy atom. The van der Waals surface area contributed by atoms with Gasteiger partial charge in [-0.05, 0) is 36.8 Å². The molecule has 0 saturated heterocycles. The van der Waals surface area contributed by atoms with Crippen molar-refractivity contribution >= 4 is 0 Å². The molecular formula is C15H11F3N2O. The third kappa shape index (κ3) is 3.72. The third-order valence-electron chi connectivity index (χ3n) is 2.78. The highest BCUT2D eigenvalue weighted by molar-refractivity contribution is 5.38. The molecule has 1 heterocycles. The molecule has 0 fully saturated rings. The minimum absolute atomic E-state index is 0.0449. The van der Waals surface area contributed by atoms with E-state index in [-0.39, 0.29) is 18.1 Å². The summed E-state index contributed by atoms with van der Waals surface area (Å²) in [6.07, 6.45) is -4.36. The highest BCUT2D eigenvalue weighted by atomic mass is 19.4. The number of ether oxygens (including phenoxy) is 1. The van der Waals surface area contributed by atoms with Crippen LogP contribution in [0.2, 0.25) is 0 Å². The molecule has 0 spiro atoms. The summed E-state index contributed by atoms with van der Waals surface area (Å²) in [4.78, 5) is 4.09. The van der Waals surface area contributed by atoms with E-state index in [1.807, 2.05) is 6.07 Å². The standard InChI is InChI=1S/C15H11F3N2O/c1-10-2-5-12(8-19)14(20-10)21-9-11-3-6-13(7-4-11)15(16,17)18/h2-7H,9H2,1H3. The second-order valence-electron chi connectivity index (χ2n) is 4.40. The summed E-state index contributed by atoms with van der Waals surface area (Å²) < 4.78 is 42.7. The van der Waals surface area contributed by atoms with Crippen LogP contribution in [0.4, 0.5) is 13.2 Å². The number of rotatable bonds is 3. The zero-order chi connectivity index (χ0) is 15.5. The van der Waals surface area contributed by atoms with Crippen LogP contribution in [0.5, 0.6) is 5.88 Å². The number of hydrogen-bond donors (Lipinski definition) is 0. The van der Waals surface area contributed by atoms with Crippen molar-refractivity contribution in [2.75, 3.05) is 0 Å². The zero-order valence-electron chi connectivity index (χ0n) is 11.1. The Morgan fingerprint density at radius 2 is 1.81 bits per heavy atom. The number of aromatic nitrogens is 1. The number of pyridine rings is 1. The van der Waals surface area contributed by atoms with Crippen LogP contribution in [-0.2, 0) is 12.8 Å². The number of nitrogens with zero attached hydrogens (tertiary/aromatic N) is 2. The summed E-state index contributed by atoms with van der Waals surface area (Å²) >= 11 is 0. The lowest BCUT2D eigenvalue weighted by Crippen LogP contribution is -2.05. The number of alkyl halides is 3. The van der Waals surface area contributed by atoms with Crippen molar-refractivity contribution in [3.05, 3.63) is 58.8 Å². The summed E-state index contributed by atoms with van der Waals surface area (Å²) in [6, 6.07) is 9.89. The molecule has 2 rings (SSSR count). The fraction of sp³-hybridized carbons (Fsp3) is 0.200. The molecule has 2 aromatic rings. The van der Waals surface area contributed by atoms with Crippen molar-refractivity contribution in [2.45, 2.75) is 19.7 Å². The Kier molecular flexibility index (Phi) is 4.13. The van der Waals surface area contributed by atoms with Crippen LogP contribution < -0.4 is 4.74 Å². The van der Waals surface area contributed by atoms with E-state index in [1.54, 1.807) is 19.1 Å². The summed E-state index contributed by atoms with van der Waals surface area (Å²) in [7, 11) is 0. The first-order valence-electron chi connectivity index (χ1n) is 6.07. The van der Waals surface area contributed by atoms with Crippen LogP contribution in [0.1, 0.15) is 22.4 Å². The number of halogens is 3. The lowest BCUT2D eigenvalue weighted by atomic mass is 10.1. The van der Waals surface area contributed by atoms with E-state index in [0.717, 1.165) is 12.1 Å². The molecule has 3 nitrogen and oxygen atoms in total. The summed E-state index contributed by atoms with van der Waals surface area (Å²) in [6.45, 7) is 1.80. The summed E-state index contributed by atoms with van der Waals surface area (Å²) in [5, 5.41) is 8.94. The molecule has 108 valence electrons. The molecule has 0 amide bonds. The highest BCUT2D eigenvalue weighted by Gasteiger charge is 2.29. The quantitative estimate of drug-likeness (QED) is 0.863. The molecule has 0 aliphatic heterocycles. The van der Waals surface area contributed by atoms with Crippen molar-refractivity contribution in [3.63, 3.8) is 0 Å². The van der Waals surface area contributed by atoms with Crippen molar-refractivity contribution in [3.8, 4) is 11.9 Å². The predicted octanol–water partition coefficient (Wildman–Crippen LogP) is 3.86. The van der Waals surface area contributed by atoms with Gasteiger partial charge in [0.25, 0.3) is 0 Å². The monoisotopic (exact) mass is 292 g/mol. The van der Waals surface area contributed by atoms with E-state index in [0.29, 0.717) is 11.3 Å². The second-order valence-corrected chi connectivity index (χ2v) is 4.40. The average molecular weight is 292 g/mol. The molecule has 6 heteroatoms. The average Bonchev–Trinajstić information content (AvgIpc) is 2.45. The van der Waals surface area contributed by atoms with Gasteiger partial charge in [0.05, 0.1) is 5.56 Å². The maximum atomic E-state index is 12.4. The fourth-order valence-corrected chi connectivity index (χ4v) is 1.67. The van der Waals surface area contributed by atoms with Crippen LogP contribution >= 0.6 is 0 Å². The van der Waals surface area contributed by atoms with Gasteiger partial charge in [-0.15, -0.1) is 0 Å². The molecule has 0 aliphatic rings. The van der Waals surface area contributed by atoms with Crippen LogP contribution in [-0.4, -0.2) is 4.98 Å². The van der Waals surface area contributed by atoms with Crippen molar-refractivity contribution in [2.24, 2.45) is 0 Å². The van der Waals surface area contributed by atoms with Gasteiger partial charge in [-0.3, -0.25) is 0 Å². The third-order valence-corrected chi connectivity index (χ3v) is 2.78. The number of hydrogen-bond acceptors (Lipinski definition) is 3. The maximum Gasteiger partial charge on any atom is 0.416 e. The molecule has 1 aromatic carbocycles. The molecule has 0 aliphatic carbocycles. The van der Waals surface area contributed by atoms with E-state index in [1.165, 1.54) is 12.1 Å². The molecule has 0 saturated carbocycles. The first kappa shape index (κ1) is 14.9. The van der Waals surface area contributed by atoms with Gasteiger partial charge in [0.15, 0.2) is 0 Å². The number of nitriles is 1. The predicted molar refractivity (Wildman–Crippen MR) is 69.5 cm³/mol. The van der Waals surface area contributed by atoms with Gasteiger partial charge < -0.3 is 4.74 Å².